The maximum atomic E-state index is 12.2. The van der Waals surface area contributed by atoms with E-state index in [0.717, 1.165) is 0 Å². The third-order valence-electron chi connectivity index (χ3n) is 2.65. The number of nitrogens with zero attached hydrogens (tertiary/aromatic N) is 1. The minimum atomic E-state index is -2.93. The van der Waals surface area contributed by atoms with Gasteiger partial charge in [-0.25, -0.2) is 0 Å². The number of Topliss-reactive ketones (excluding diaryl/α,β-unsaturated/α-hetero) is 1. The van der Waals surface area contributed by atoms with Crippen molar-refractivity contribution in [3.05, 3.63) is 52.4 Å². The largest absolute Gasteiger partial charge is 0.446 e. The molecule has 0 aliphatic rings. The van der Waals surface area contributed by atoms with Crippen LogP contribution in [0.2, 0.25) is 0 Å². The second-order valence-corrected chi connectivity index (χ2v) is 4.76. The second kappa shape index (κ2) is 6.50. The highest BCUT2D eigenvalue weighted by atomic mass is 79.9. The van der Waals surface area contributed by atoms with Crippen molar-refractivity contribution in [3.8, 4) is 11.8 Å². The number of ether oxygens (including phenoxy) is 1. The van der Waals surface area contributed by atoms with Crippen LogP contribution in [0.15, 0.2) is 45.5 Å². The normalized spacial score (nSPS) is 12.0. The molecule has 0 aliphatic heterocycles. The molecule has 1 atom stereocenters. The quantitative estimate of drug-likeness (QED) is 0.756. The summed E-state index contributed by atoms with van der Waals surface area (Å²) in [5.74, 6) is -1.59. The average molecular weight is 356 g/mol. The third-order valence-corrected chi connectivity index (χ3v) is 3.07. The van der Waals surface area contributed by atoms with Crippen LogP contribution in [0.4, 0.5) is 8.78 Å². The lowest BCUT2D eigenvalue weighted by atomic mass is 9.95. The van der Waals surface area contributed by atoms with Crippen LogP contribution < -0.4 is 4.74 Å². The van der Waals surface area contributed by atoms with Gasteiger partial charge in [0.15, 0.2) is 10.4 Å². The molecule has 1 unspecified atom stereocenters. The van der Waals surface area contributed by atoms with Crippen LogP contribution in [0.3, 0.4) is 0 Å². The summed E-state index contributed by atoms with van der Waals surface area (Å²) in [5.41, 5.74) is 0.372. The fourth-order valence-electron chi connectivity index (χ4n) is 1.72. The van der Waals surface area contributed by atoms with Gasteiger partial charge in [-0.05, 0) is 45.8 Å². The Kier molecular flexibility index (Phi) is 4.70. The highest BCUT2D eigenvalue weighted by molar-refractivity contribution is 9.10. The molecule has 0 spiro atoms. The molecule has 0 amide bonds. The van der Waals surface area contributed by atoms with Crippen LogP contribution in [0.25, 0.3) is 0 Å². The zero-order chi connectivity index (χ0) is 15.4. The van der Waals surface area contributed by atoms with Crippen LogP contribution >= 0.6 is 15.9 Å². The number of carbonyl (C=O) groups excluding carboxylic acids is 1. The number of alkyl halides is 2. The fraction of sp³-hybridized carbons (Fsp3) is 0.143. The van der Waals surface area contributed by atoms with Crippen molar-refractivity contribution in [2.24, 2.45) is 0 Å². The zero-order valence-electron chi connectivity index (χ0n) is 10.4. The maximum Gasteiger partial charge on any atom is 0.387 e. The molecule has 0 N–H and O–H groups in total. The molecule has 108 valence electrons. The van der Waals surface area contributed by atoms with Crippen molar-refractivity contribution in [2.75, 3.05) is 0 Å². The van der Waals surface area contributed by atoms with Crippen LogP contribution in [0.1, 0.15) is 22.0 Å². The highest BCUT2D eigenvalue weighted by Crippen LogP contribution is 2.25. The van der Waals surface area contributed by atoms with Gasteiger partial charge in [-0.3, -0.25) is 4.79 Å². The zero-order valence-corrected chi connectivity index (χ0v) is 12.0. The SMILES string of the molecule is N#CC(C(=O)c1ccc(Br)o1)c1ccc(OC(F)F)cc1. The average Bonchev–Trinajstić information content (AvgIpc) is 2.87. The van der Waals surface area contributed by atoms with Crippen molar-refractivity contribution >= 4 is 21.7 Å². The van der Waals surface area contributed by atoms with Crippen LogP contribution in [-0.2, 0) is 0 Å². The molecule has 2 rings (SSSR count). The highest BCUT2D eigenvalue weighted by Gasteiger charge is 2.24. The van der Waals surface area contributed by atoms with Crippen molar-refractivity contribution in [1.82, 2.24) is 0 Å². The molecule has 0 saturated heterocycles. The van der Waals surface area contributed by atoms with Crippen LogP contribution in [0, 0.1) is 11.3 Å². The van der Waals surface area contributed by atoms with Gasteiger partial charge < -0.3 is 9.15 Å². The predicted octanol–water partition coefficient (Wildman–Crippen LogP) is 4.13. The Morgan fingerprint density at radius 1 is 1.24 bits per heavy atom. The molecular formula is C14H8BrF2NO3. The van der Waals surface area contributed by atoms with E-state index in [9.17, 15) is 13.6 Å². The molecule has 1 aromatic heterocycles. The van der Waals surface area contributed by atoms with E-state index in [1.165, 1.54) is 30.3 Å². The minimum absolute atomic E-state index is 0.0429. The number of hydrogen-bond donors (Lipinski definition) is 0. The van der Waals surface area contributed by atoms with Gasteiger partial charge in [-0.15, -0.1) is 0 Å². The van der Waals surface area contributed by atoms with Gasteiger partial charge in [0.2, 0.25) is 5.78 Å². The van der Waals surface area contributed by atoms with Crippen LogP contribution in [-0.4, -0.2) is 12.4 Å². The number of hydrogen-bond acceptors (Lipinski definition) is 4. The summed E-state index contributed by atoms with van der Waals surface area (Å²) in [6.45, 7) is -2.93. The first-order valence-electron chi connectivity index (χ1n) is 5.75. The number of benzene rings is 1. The number of rotatable bonds is 5. The Balaban J connectivity index is 2.21. The smallest absolute Gasteiger partial charge is 0.387 e. The monoisotopic (exact) mass is 355 g/mol. The topological polar surface area (TPSA) is 63.2 Å². The van der Waals surface area contributed by atoms with Gasteiger partial charge >= 0.3 is 6.61 Å². The van der Waals surface area contributed by atoms with E-state index in [1.807, 2.05) is 6.07 Å². The number of carbonyl (C=O) groups is 1. The Bertz CT molecular complexity index is 676. The summed E-state index contributed by atoms with van der Waals surface area (Å²) in [6.07, 6.45) is 0. The molecule has 2 aromatic rings. The van der Waals surface area contributed by atoms with E-state index in [0.29, 0.717) is 10.2 Å². The molecule has 1 aromatic carbocycles. The van der Waals surface area contributed by atoms with Gasteiger partial charge in [0.05, 0.1) is 6.07 Å². The standard InChI is InChI=1S/C14H8BrF2NO3/c15-12-6-5-11(21-12)13(19)10(7-18)8-1-3-9(4-2-8)20-14(16)17/h1-6,10,14H. The fourth-order valence-corrected chi connectivity index (χ4v) is 2.02. The summed E-state index contributed by atoms with van der Waals surface area (Å²) in [5, 5.41) is 9.16. The van der Waals surface area contributed by atoms with E-state index < -0.39 is 18.3 Å². The van der Waals surface area contributed by atoms with Gasteiger partial charge in [0, 0.05) is 0 Å². The molecule has 21 heavy (non-hydrogen) atoms. The number of halogens is 3. The van der Waals surface area contributed by atoms with Gasteiger partial charge in [-0.1, -0.05) is 12.1 Å². The van der Waals surface area contributed by atoms with E-state index in [4.69, 9.17) is 9.68 Å². The van der Waals surface area contributed by atoms with Gasteiger partial charge in [-0.2, -0.15) is 14.0 Å². The van der Waals surface area contributed by atoms with Crippen LogP contribution in [0.5, 0.6) is 5.75 Å². The van der Waals surface area contributed by atoms with E-state index in [1.54, 1.807) is 6.07 Å². The second-order valence-electron chi connectivity index (χ2n) is 3.98. The van der Waals surface area contributed by atoms with Crippen molar-refractivity contribution in [3.63, 3.8) is 0 Å². The lowest BCUT2D eigenvalue weighted by Crippen LogP contribution is -2.10. The molecule has 7 heteroatoms. The predicted molar refractivity (Wildman–Crippen MR) is 72.2 cm³/mol. The van der Waals surface area contributed by atoms with Gasteiger partial charge in [0.25, 0.3) is 0 Å². The molecule has 4 nitrogen and oxygen atoms in total. The Morgan fingerprint density at radius 3 is 2.38 bits per heavy atom. The lowest BCUT2D eigenvalue weighted by molar-refractivity contribution is -0.0498. The Morgan fingerprint density at radius 2 is 1.90 bits per heavy atom. The Hall–Kier alpha value is -2.20. The maximum absolute atomic E-state index is 12.2. The van der Waals surface area contributed by atoms with Crippen molar-refractivity contribution < 1.29 is 22.7 Å². The molecule has 0 saturated carbocycles. The summed E-state index contributed by atoms with van der Waals surface area (Å²) in [7, 11) is 0. The van der Waals surface area contributed by atoms with E-state index >= 15 is 0 Å². The van der Waals surface area contributed by atoms with E-state index in [-0.39, 0.29) is 11.5 Å². The Labute approximate surface area is 127 Å². The number of furan rings is 1. The van der Waals surface area contributed by atoms with Gasteiger partial charge in [0.1, 0.15) is 11.7 Å². The molecule has 0 radical (unpaired) electrons. The molecule has 0 bridgehead atoms. The molecule has 1 heterocycles. The summed E-state index contributed by atoms with van der Waals surface area (Å²) in [6, 6.07) is 10.2. The third kappa shape index (κ3) is 3.67. The first kappa shape index (κ1) is 15.2. The first-order chi connectivity index (χ1) is 10.0. The number of nitriles is 1. The van der Waals surface area contributed by atoms with Crippen molar-refractivity contribution in [2.45, 2.75) is 12.5 Å². The number of ketones is 1. The summed E-state index contributed by atoms with van der Waals surface area (Å²) in [4.78, 5) is 12.2. The van der Waals surface area contributed by atoms with Crippen molar-refractivity contribution in [1.29, 1.82) is 5.26 Å². The minimum Gasteiger partial charge on any atom is -0.446 e. The summed E-state index contributed by atoms with van der Waals surface area (Å²) < 4.78 is 33.8. The molecule has 0 fully saturated rings. The van der Waals surface area contributed by atoms with E-state index in [2.05, 4.69) is 20.7 Å². The summed E-state index contributed by atoms with van der Waals surface area (Å²) >= 11 is 3.07. The molecule has 0 aliphatic carbocycles. The lowest BCUT2D eigenvalue weighted by Gasteiger charge is -2.08. The molecular weight excluding hydrogens is 348 g/mol. The first-order valence-corrected chi connectivity index (χ1v) is 6.54.